The van der Waals surface area contributed by atoms with E-state index in [1.54, 1.807) is 0 Å². The van der Waals surface area contributed by atoms with Crippen molar-refractivity contribution in [2.45, 2.75) is 20.0 Å². The van der Waals surface area contributed by atoms with Crippen LogP contribution in [0.5, 0.6) is 0 Å². The summed E-state index contributed by atoms with van der Waals surface area (Å²) in [6.45, 7) is 1.26. The Kier molecular flexibility index (Phi) is 6.20. The van der Waals surface area contributed by atoms with Gasteiger partial charge in [-0.2, -0.15) is 0 Å². The van der Waals surface area contributed by atoms with Gasteiger partial charge in [-0.05, 0) is 0 Å². The Morgan fingerprint density at radius 2 is 1.88 bits per heavy atom. The Balaban J connectivity index is 4.15. The highest BCUT2D eigenvalue weighted by atomic mass is 31.2. The molecule has 9 heteroatoms. The molecule has 0 aromatic heterocycles. The lowest BCUT2D eigenvalue weighted by Crippen LogP contribution is -2.28. The van der Waals surface area contributed by atoms with Crippen molar-refractivity contribution < 1.29 is 37.9 Å². The van der Waals surface area contributed by atoms with E-state index >= 15 is 0 Å². The van der Waals surface area contributed by atoms with E-state index in [-0.39, 0.29) is 6.61 Å². The quantitative estimate of drug-likeness (QED) is 0.471. The molecule has 0 amide bonds. The number of carbonyl (C=O) groups is 2. The molecule has 0 aromatic carbocycles. The molecule has 0 radical (unpaired) electrons. The maximum atomic E-state index is 10.6. The molecule has 0 aliphatic heterocycles. The van der Waals surface area contributed by atoms with Crippen molar-refractivity contribution >= 4 is 19.8 Å². The molecule has 0 aliphatic rings. The zero-order chi connectivity index (χ0) is 12.8. The summed E-state index contributed by atoms with van der Waals surface area (Å²) in [6, 6.07) is 0. The van der Waals surface area contributed by atoms with E-state index in [4.69, 9.17) is 4.89 Å². The van der Waals surface area contributed by atoms with E-state index < -0.39 is 32.5 Å². The molecule has 0 aliphatic carbocycles. The van der Waals surface area contributed by atoms with Gasteiger partial charge in [-0.1, -0.05) is 0 Å². The van der Waals surface area contributed by atoms with E-state index in [2.05, 4.69) is 14.0 Å². The Morgan fingerprint density at radius 3 is 2.25 bits per heavy atom. The molecule has 2 atom stereocenters. The van der Waals surface area contributed by atoms with Gasteiger partial charge < -0.3 is 23.8 Å². The van der Waals surface area contributed by atoms with Crippen LogP contribution in [0, 0.1) is 0 Å². The number of phosphoric ester groups is 1. The molecule has 0 rings (SSSR count). The van der Waals surface area contributed by atoms with Gasteiger partial charge in [0.15, 0.2) is 6.10 Å². The zero-order valence-electron chi connectivity index (χ0n) is 8.74. The molecule has 0 saturated carbocycles. The summed E-state index contributed by atoms with van der Waals surface area (Å²) in [5.74, 6) is -1.31. The second kappa shape index (κ2) is 6.59. The topological polar surface area (TPSA) is 122 Å². The second-order valence-electron chi connectivity index (χ2n) is 2.80. The Labute approximate surface area is 91.7 Å². The molecule has 1 N–H and O–H groups in total. The van der Waals surface area contributed by atoms with Crippen LogP contribution in [0.2, 0.25) is 0 Å². The highest BCUT2D eigenvalue weighted by Gasteiger charge is 2.16. The van der Waals surface area contributed by atoms with Crippen LogP contribution in [0.25, 0.3) is 0 Å². The number of rotatable bonds is 6. The number of hydrogen-bond acceptors (Lipinski definition) is 7. The summed E-state index contributed by atoms with van der Waals surface area (Å²) in [6.07, 6.45) is -1.09. The Hall–Kier alpha value is -0.950. The van der Waals surface area contributed by atoms with Crippen molar-refractivity contribution in [1.82, 2.24) is 0 Å². The molecule has 16 heavy (non-hydrogen) atoms. The van der Waals surface area contributed by atoms with Crippen LogP contribution in [0.4, 0.5) is 0 Å². The standard InChI is InChI=1S/C7H13O8P/c1-5(8)13-3-7(15-6(2)9)4-14-16(10,11)12/h7H,3-4H2,1-2H3,(H2,10,11,12)/p-1. The minimum atomic E-state index is -4.89. The van der Waals surface area contributed by atoms with Crippen LogP contribution in [-0.2, 0) is 28.2 Å². The first-order chi connectivity index (χ1) is 7.20. The monoisotopic (exact) mass is 255 g/mol. The minimum absolute atomic E-state index is 0.352. The molecule has 0 heterocycles. The van der Waals surface area contributed by atoms with Crippen LogP contribution in [0.3, 0.4) is 0 Å². The molecule has 0 bridgehead atoms. The summed E-state index contributed by atoms with van der Waals surface area (Å²) < 4.78 is 23.4. The molecule has 0 aromatic rings. The van der Waals surface area contributed by atoms with Gasteiger partial charge in [0.05, 0.1) is 6.61 Å². The number of carbonyl (C=O) groups excluding carboxylic acids is 2. The van der Waals surface area contributed by atoms with Gasteiger partial charge in [0.25, 0.3) is 7.82 Å². The number of esters is 2. The van der Waals surface area contributed by atoms with Gasteiger partial charge in [0.2, 0.25) is 0 Å². The fraction of sp³-hybridized carbons (Fsp3) is 0.714. The summed E-state index contributed by atoms with van der Waals surface area (Å²) in [4.78, 5) is 39.6. The lowest BCUT2D eigenvalue weighted by atomic mass is 10.4. The number of ether oxygens (including phenoxy) is 2. The van der Waals surface area contributed by atoms with E-state index in [9.17, 15) is 19.0 Å². The maximum Gasteiger partial charge on any atom is 0.303 e. The average molecular weight is 255 g/mol. The molecule has 0 saturated heterocycles. The van der Waals surface area contributed by atoms with Gasteiger partial charge in [0, 0.05) is 13.8 Å². The van der Waals surface area contributed by atoms with Gasteiger partial charge in [-0.25, -0.2) is 0 Å². The molecule has 8 nitrogen and oxygen atoms in total. The fourth-order valence-electron chi connectivity index (χ4n) is 0.738. The number of phosphoric acid groups is 1. The maximum absolute atomic E-state index is 10.6. The smallest absolute Gasteiger partial charge is 0.303 e. The lowest BCUT2D eigenvalue weighted by molar-refractivity contribution is -0.222. The van der Waals surface area contributed by atoms with Crippen LogP contribution in [-0.4, -0.2) is 36.1 Å². The number of hydrogen-bond donors (Lipinski definition) is 1. The van der Waals surface area contributed by atoms with Gasteiger partial charge >= 0.3 is 11.9 Å². The molecule has 0 spiro atoms. The van der Waals surface area contributed by atoms with E-state index in [1.807, 2.05) is 0 Å². The van der Waals surface area contributed by atoms with Crippen molar-refractivity contribution in [2.75, 3.05) is 13.2 Å². The normalized spacial score (nSPS) is 16.0. The predicted octanol–water partition coefficient (Wildman–Crippen LogP) is -1.04. The molecule has 94 valence electrons. The average Bonchev–Trinajstić information content (AvgIpc) is 2.07. The van der Waals surface area contributed by atoms with Crippen molar-refractivity contribution in [3.8, 4) is 0 Å². The lowest BCUT2D eigenvalue weighted by Gasteiger charge is -2.20. The molecule has 0 fully saturated rings. The van der Waals surface area contributed by atoms with Crippen molar-refractivity contribution in [3.05, 3.63) is 0 Å². The largest absolute Gasteiger partial charge is 0.756 e. The van der Waals surface area contributed by atoms with Crippen molar-refractivity contribution in [3.63, 3.8) is 0 Å². The third-order valence-corrected chi connectivity index (χ3v) is 1.70. The minimum Gasteiger partial charge on any atom is -0.756 e. The summed E-state index contributed by atoms with van der Waals surface area (Å²) in [5.41, 5.74) is 0. The summed E-state index contributed by atoms with van der Waals surface area (Å²) >= 11 is 0. The Morgan fingerprint density at radius 1 is 1.31 bits per heavy atom. The van der Waals surface area contributed by atoms with E-state index in [1.165, 1.54) is 0 Å². The SMILES string of the molecule is CC(=O)OCC(COP(=O)([O-])O)OC(C)=O. The summed E-state index contributed by atoms with van der Waals surface area (Å²) in [5, 5.41) is 0. The molecular formula is C7H12O8P-. The summed E-state index contributed by atoms with van der Waals surface area (Å²) in [7, 11) is -4.89. The highest BCUT2D eigenvalue weighted by Crippen LogP contribution is 2.30. The first kappa shape index (κ1) is 15.0. The fourth-order valence-corrected chi connectivity index (χ4v) is 1.09. The first-order valence-corrected chi connectivity index (χ1v) is 5.69. The van der Waals surface area contributed by atoms with Gasteiger partial charge in [-0.15, -0.1) is 0 Å². The van der Waals surface area contributed by atoms with Crippen LogP contribution >= 0.6 is 7.82 Å². The highest BCUT2D eigenvalue weighted by molar-refractivity contribution is 7.44. The van der Waals surface area contributed by atoms with Crippen molar-refractivity contribution in [2.24, 2.45) is 0 Å². The van der Waals surface area contributed by atoms with Crippen LogP contribution in [0.15, 0.2) is 0 Å². The van der Waals surface area contributed by atoms with Gasteiger partial charge in [-0.3, -0.25) is 14.2 Å². The van der Waals surface area contributed by atoms with Crippen molar-refractivity contribution in [1.29, 1.82) is 0 Å². The predicted molar refractivity (Wildman–Crippen MR) is 48.0 cm³/mol. The zero-order valence-corrected chi connectivity index (χ0v) is 9.64. The van der Waals surface area contributed by atoms with Gasteiger partial charge in [0.1, 0.15) is 6.61 Å². The Bertz CT molecular complexity index is 295. The molecular weight excluding hydrogens is 243 g/mol. The van der Waals surface area contributed by atoms with E-state index in [0.29, 0.717) is 0 Å². The second-order valence-corrected chi connectivity index (χ2v) is 3.99. The third-order valence-electron chi connectivity index (χ3n) is 1.23. The first-order valence-electron chi connectivity index (χ1n) is 4.19. The van der Waals surface area contributed by atoms with Crippen LogP contribution in [0.1, 0.15) is 13.8 Å². The third kappa shape index (κ3) is 9.60. The van der Waals surface area contributed by atoms with Crippen LogP contribution < -0.4 is 4.89 Å². The molecule has 2 unspecified atom stereocenters. The van der Waals surface area contributed by atoms with E-state index in [0.717, 1.165) is 13.8 Å².